The number of nitrogens with zero attached hydrogens (tertiary/aromatic N) is 1. The first-order valence-electron chi connectivity index (χ1n) is 7.25. The number of para-hydroxylation sites is 1. The third-order valence-electron chi connectivity index (χ3n) is 3.37. The molecular weight excluding hydrogens is 292 g/mol. The maximum atomic E-state index is 12.2. The Labute approximate surface area is 136 Å². The highest BCUT2D eigenvalue weighted by molar-refractivity contribution is 7.98. The van der Waals surface area contributed by atoms with Gasteiger partial charge < -0.3 is 5.32 Å². The number of nitrogens with one attached hydrogen (secondary N) is 1. The molecule has 22 heavy (non-hydrogen) atoms. The SMILES string of the molecule is CSc1ccccc1NC(=O)CN(C)Cc1ccc(C)cc1. The van der Waals surface area contributed by atoms with E-state index in [0.717, 1.165) is 17.1 Å². The number of aryl methyl sites for hydroxylation is 1. The number of hydrogen-bond acceptors (Lipinski definition) is 3. The second-order valence-electron chi connectivity index (χ2n) is 5.41. The molecule has 0 saturated carbocycles. The van der Waals surface area contributed by atoms with Crippen molar-refractivity contribution in [2.24, 2.45) is 0 Å². The lowest BCUT2D eigenvalue weighted by atomic mass is 10.1. The Morgan fingerprint density at radius 1 is 1.14 bits per heavy atom. The molecule has 1 N–H and O–H groups in total. The van der Waals surface area contributed by atoms with Crippen molar-refractivity contribution in [3.63, 3.8) is 0 Å². The average molecular weight is 314 g/mol. The van der Waals surface area contributed by atoms with E-state index < -0.39 is 0 Å². The van der Waals surface area contributed by atoms with E-state index in [1.165, 1.54) is 11.1 Å². The van der Waals surface area contributed by atoms with Gasteiger partial charge in [-0.3, -0.25) is 9.69 Å². The monoisotopic (exact) mass is 314 g/mol. The van der Waals surface area contributed by atoms with Crippen LogP contribution >= 0.6 is 11.8 Å². The van der Waals surface area contributed by atoms with Crippen LogP contribution in [0, 0.1) is 6.92 Å². The van der Waals surface area contributed by atoms with Crippen LogP contribution in [0.3, 0.4) is 0 Å². The topological polar surface area (TPSA) is 32.3 Å². The van der Waals surface area contributed by atoms with Crippen LogP contribution in [0.25, 0.3) is 0 Å². The Balaban J connectivity index is 1.89. The molecule has 116 valence electrons. The molecule has 4 heteroatoms. The van der Waals surface area contributed by atoms with Crippen LogP contribution < -0.4 is 5.32 Å². The van der Waals surface area contributed by atoms with Crippen LogP contribution in [0.2, 0.25) is 0 Å². The first kappa shape index (κ1) is 16.6. The maximum absolute atomic E-state index is 12.2. The molecule has 2 rings (SSSR count). The number of rotatable bonds is 6. The lowest BCUT2D eigenvalue weighted by molar-refractivity contribution is -0.117. The summed E-state index contributed by atoms with van der Waals surface area (Å²) in [5, 5.41) is 2.99. The van der Waals surface area contributed by atoms with Crippen LogP contribution in [-0.4, -0.2) is 30.7 Å². The van der Waals surface area contributed by atoms with Crippen molar-refractivity contribution in [1.82, 2.24) is 4.90 Å². The Morgan fingerprint density at radius 2 is 1.82 bits per heavy atom. The fourth-order valence-corrected chi connectivity index (χ4v) is 2.80. The zero-order chi connectivity index (χ0) is 15.9. The highest BCUT2D eigenvalue weighted by Crippen LogP contribution is 2.24. The summed E-state index contributed by atoms with van der Waals surface area (Å²) in [6, 6.07) is 16.3. The molecular formula is C18H22N2OS. The number of thioether (sulfide) groups is 1. The minimum Gasteiger partial charge on any atom is -0.324 e. The Kier molecular flexibility index (Phi) is 6.04. The van der Waals surface area contributed by atoms with E-state index in [0.29, 0.717) is 6.54 Å². The summed E-state index contributed by atoms with van der Waals surface area (Å²) in [6.45, 7) is 3.21. The van der Waals surface area contributed by atoms with Crippen LogP contribution in [0.15, 0.2) is 53.4 Å². The summed E-state index contributed by atoms with van der Waals surface area (Å²) in [7, 11) is 1.96. The standard InChI is InChI=1S/C18H22N2OS/c1-14-8-10-15(11-9-14)12-20(2)13-18(21)19-16-6-4-5-7-17(16)22-3/h4-11H,12-13H2,1-3H3,(H,19,21). The lowest BCUT2D eigenvalue weighted by Crippen LogP contribution is -2.29. The Bertz CT molecular complexity index is 625. The van der Waals surface area contributed by atoms with Crippen molar-refractivity contribution in [2.45, 2.75) is 18.4 Å². The fraction of sp³-hybridized carbons (Fsp3) is 0.278. The van der Waals surface area contributed by atoms with Gasteiger partial charge >= 0.3 is 0 Å². The predicted molar refractivity (Wildman–Crippen MR) is 94.4 cm³/mol. The summed E-state index contributed by atoms with van der Waals surface area (Å²) in [6.07, 6.45) is 2.01. The lowest BCUT2D eigenvalue weighted by Gasteiger charge is -2.17. The zero-order valence-electron chi connectivity index (χ0n) is 13.3. The van der Waals surface area contributed by atoms with Gasteiger partial charge in [0, 0.05) is 11.4 Å². The largest absolute Gasteiger partial charge is 0.324 e. The van der Waals surface area contributed by atoms with Crippen LogP contribution in [0.4, 0.5) is 5.69 Å². The van der Waals surface area contributed by atoms with Gasteiger partial charge in [-0.1, -0.05) is 42.0 Å². The number of carbonyl (C=O) groups is 1. The van der Waals surface area contributed by atoms with E-state index in [4.69, 9.17) is 0 Å². The molecule has 0 unspecified atom stereocenters. The van der Waals surface area contributed by atoms with Crippen LogP contribution in [0.5, 0.6) is 0 Å². The molecule has 2 aromatic rings. The number of hydrogen-bond donors (Lipinski definition) is 1. The van der Waals surface area contributed by atoms with Gasteiger partial charge in [0.15, 0.2) is 0 Å². The molecule has 0 bridgehead atoms. The van der Waals surface area contributed by atoms with Gasteiger partial charge in [-0.05, 0) is 37.9 Å². The zero-order valence-corrected chi connectivity index (χ0v) is 14.1. The molecule has 0 aliphatic carbocycles. The van der Waals surface area contributed by atoms with Gasteiger partial charge in [-0.2, -0.15) is 0 Å². The van der Waals surface area contributed by atoms with Gasteiger partial charge in [0.1, 0.15) is 0 Å². The third-order valence-corrected chi connectivity index (χ3v) is 4.16. The minimum atomic E-state index is 0.0103. The van der Waals surface area contributed by atoms with Crippen molar-refractivity contribution in [3.05, 3.63) is 59.7 Å². The van der Waals surface area contributed by atoms with Gasteiger partial charge in [0.25, 0.3) is 0 Å². The van der Waals surface area contributed by atoms with Crippen molar-refractivity contribution in [3.8, 4) is 0 Å². The molecule has 2 aromatic carbocycles. The molecule has 0 aromatic heterocycles. The first-order chi connectivity index (χ1) is 10.6. The molecule has 3 nitrogen and oxygen atoms in total. The van der Waals surface area contributed by atoms with Crippen molar-refractivity contribution in [2.75, 3.05) is 25.2 Å². The molecule has 0 radical (unpaired) electrons. The van der Waals surface area contributed by atoms with Crippen molar-refractivity contribution < 1.29 is 4.79 Å². The van der Waals surface area contributed by atoms with E-state index in [1.807, 2.05) is 42.5 Å². The van der Waals surface area contributed by atoms with Gasteiger partial charge in [-0.25, -0.2) is 0 Å². The predicted octanol–water partition coefficient (Wildman–Crippen LogP) is 3.79. The molecule has 0 spiro atoms. The molecule has 0 aliphatic rings. The third kappa shape index (κ3) is 4.90. The summed E-state index contributed by atoms with van der Waals surface area (Å²) >= 11 is 1.63. The Morgan fingerprint density at radius 3 is 2.50 bits per heavy atom. The number of likely N-dealkylation sites (N-methyl/N-ethyl adjacent to an activating group) is 1. The number of carbonyl (C=O) groups excluding carboxylic acids is 1. The van der Waals surface area contributed by atoms with E-state index >= 15 is 0 Å². The summed E-state index contributed by atoms with van der Waals surface area (Å²) < 4.78 is 0. The fourth-order valence-electron chi connectivity index (χ4n) is 2.24. The van der Waals surface area contributed by atoms with Crippen LogP contribution in [-0.2, 0) is 11.3 Å². The molecule has 0 heterocycles. The highest BCUT2D eigenvalue weighted by atomic mass is 32.2. The summed E-state index contributed by atoms with van der Waals surface area (Å²) in [5.74, 6) is 0.0103. The normalized spacial score (nSPS) is 10.7. The van der Waals surface area contributed by atoms with Gasteiger partial charge in [0.05, 0.1) is 12.2 Å². The minimum absolute atomic E-state index is 0.0103. The van der Waals surface area contributed by atoms with Crippen molar-refractivity contribution >= 4 is 23.4 Å². The van der Waals surface area contributed by atoms with E-state index in [-0.39, 0.29) is 5.91 Å². The second-order valence-corrected chi connectivity index (χ2v) is 6.25. The van der Waals surface area contributed by atoms with Gasteiger partial charge in [-0.15, -0.1) is 11.8 Å². The second kappa shape index (κ2) is 8.01. The Hall–Kier alpha value is -1.78. The van der Waals surface area contributed by atoms with Crippen LogP contribution in [0.1, 0.15) is 11.1 Å². The summed E-state index contributed by atoms with van der Waals surface area (Å²) in [4.78, 5) is 15.3. The number of amides is 1. The van der Waals surface area contributed by atoms with Crippen molar-refractivity contribution in [1.29, 1.82) is 0 Å². The quantitative estimate of drug-likeness (QED) is 0.823. The maximum Gasteiger partial charge on any atom is 0.238 e. The molecule has 1 amide bonds. The number of anilines is 1. The van der Waals surface area contributed by atoms with Gasteiger partial charge in [0.2, 0.25) is 5.91 Å². The first-order valence-corrected chi connectivity index (χ1v) is 8.48. The van der Waals surface area contributed by atoms with E-state index in [1.54, 1.807) is 11.8 Å². The molecule has 0 aliphatic heterocycles. The molecule has 0 saturated heterocycles. The summed E-state index contributed by atoms with van der Waals surface area (Å²) in [5.41, 5.74) is 3.34. The average Bonchev–Trinajstić information content (AvgIpc) is 2.50. The smallest absolute Gasteiger partial charge is 0.238 e. The van der Waals surface area contributed by atoms with E-state index in [2.05, 4.69) is 36.5 Å². The molecule has 0 atom stereocenters. The highest BCUT2D eigenvalue weighted by Gasteiger charge is 2.09. The van der Waals surface area contributed by atoms with E-state index in [9.17, 15) is 4.79 Å². The number of benzene rings is 2. The molecule has 0 fully saturated rings.